The molecule has 0 aliphatic heterocycles. The predicted molar refractivity (Wildman–Crippen MR) is 188 cm³/mol. The fraction of sp³-hybridized carbons (Fsp3) is 0. The summed E-state index contributed by atoms with van der Waals surface area (Å²) in [6.45, 7) is 0. The Balaban J connectivity index is 1.56. The van der Waals surface area contributed by atoms with Gasteiger partial charge in [0.1, 0.15) is 42.6 Å². The van der Waals surface area contributed by atoms with Gasteiger partial charge >= 0.3 is 0 Å². The second-order valence-electron chi connectivity index (χ2n) is 11.0. The number of benzene rings is 7. The Morgan fingerprint density at radius 2 is 0.909 bits per heavy atom. The largest absolute Gasteiger partial charge is 0.509 e. The quantitative estimate of drug-likeness (QED) is 0.223. The molecule has 196 valence electrons. The number of phenolic OH excluding ortho intramolecular Hbond substituents is 1. The van der Waals surface area contributed by atoms with E-state index in [1.54, 1.807) is 0 Å². The van der Waals surface area contributed by atoms with Gasteiger partial charge in [-0.3, -0.25) is 0 Å². The van der Waals surface area contributed by atoms with E-state index in [1.165, 1.54) is 0 Å². The highest BCUT2D eigenvalue weighted by Crippen LogP contribution is 2.48. The van der Waals surface area contributed by atoms with Crippen LogP contribution >= 0.6 is 0 Å². The smallest absolute Gasteiger partial charge is 0.143 e. The molecule has 0 saturated carbocycles. The lowest BCUT2D eigenvalue weighted by Gasteiger charge is -2.24. The molecule has 8 aromatic rings. The van der Waals surface area contributed by atoms with Crippen LogP contribution in [0.3, 0.4) is 0 Å². The van der Waals surface area contributed by atoms with Crippen LogP contribution in [-0.2, 0) is 0 Å². The summed E-state index contributed by atoms with van der Waals surface area (Å²) in [4.78, 5) is 0. The molecule has 0 fully saturated rings. The van der Waals surface area contributed by atoms with Gasteiger partial charge in [0.15, 0.2) is 0 Å². The van der Waals surface area contributed by atoms with E-state index in [0.29, 0.717) is 5.56 Å². The summed E-state index contributed by atoms with van der Waals surface area (Å²) in [5.41, 5.74) is 7.59. The minimum Gasteiger partial charge on any atom is -0.509 e. The molecule has 0 amide bonds. The highest BCUT2D eigenvalue weighted by atomic mass is 16.3. The van der Waals surface area contributed by atoms with E-state index >= 15 is 0 Å². The van der Waals surface area contributed by atoms with Crippen molar-refractivity contribution in [2.75, 3.05) is 0 Å². The zero-order chi connectivity index (χ0) is 30.1. The summed E-state index contributed by atoms with van der Waals surface area (Å²) in [6.07, 6.45) is 0. The minimum atomic E-state index is -0.304. The number of hydrogen-bond donors (Lipinski definition) is 1. The Morgan fingerprint density at radius 3 is 1.50 bits per heavy atom. The molecule has 0 bridgehead atoms. The van der Waals surface area contributed by atoms with Crippen LogP contribution in [0.1, 0.15) is 0 Å². The first-order valence-electron chi connectivity index (χ1n) is 14.3. The Bertz CT molecular complexity index is 2360. The molecule has 6 heteroatoms. The molecule has 44 heavy (non-hydrogen) atoms. The van der Waals surface area contributed by atoms with Gasteiger partial charge in [-0.15, -0.1) is 0 Å². The van der Waals surface area contributed by atoms with Crippen molar-refractivity contribution < 1.29 is 9.52 Å². The third-order valence-electron chi connectivity index (χ3n) is 8.69. The zero-order valence-corrected chi connectivity index (χ0v) is 23.6. The van der Waals surface area contributed by atoms with Crippen molar-refractivity contribution in [2.45, 2.75) is 0 Å². The van der Waals surface area contributed by atoms with Gasteiger partial charge in [0.2, 0.25) is 0 Å². The molecule has 0 unspecified atom stereocenters. The fourth-order valence-corrected chi connectivity index (χ4v) is 6.65. The number of phenols is 1. The average molecular weight is 552 g/mol. The standard InChI is InChI=1S/C38H20B4O2/c39-33-32(34(40)36(42)37(43)35(33)41)30-24-14-6-4-12-22(24)29(23-13-5-7-15-25(23)30)27-19-18-21(20-10-2-1-3-11-20)38-31(27)26-16-8-9-17-28(26)44-38/h1-19,43H. The van der Waals surface area contributed by atoms with Crippen molar-refractivity contribution in [3.05, 3.63) is 115 Å². The molecule has 1 aromatic heterocycles. The summed E-state index contributed by atoms with van der Waals surface area (Å²) < 4.78 is 6.60. The van der Waals surface area contributed by atoms with Crippen molar-refractivity contribution in [1.82, 2.24) is 0 Å². The van der Waals surface area contributed by atoms with Crippen molar-refractivity contribution in [3.63, 3.8) is 0 Å². The number of rotatable bonds is 3. The molecule has 1 heterocycles. The molecule has 0 aliphatic rings. The average Bonchev–Trinajstić information content (AvgIpc) is 3.46. The number of aromatic hydroxyl groups is 1. The van der Waals surface area contributed by atoms with Crippen molar-refractivity contribution in [2.24, 2.45) is 0 Å². The second-order valence-corrected chi connectivity index (χ2v) is 11.0. The van der Waals surface area contributed by atoms with Crippen molar-refractivity contribution in [1.29, 1.82) is 0 Å². The lowest BCUT2D eigenvalue weighted by Crippen LogP contribution is -2.42. The summed E-state index contributed by atoms with van der Waals surface area (Å²) >= 11 is 0. The van der Waals surface area contributed by atoms with Crippen LogP contribution in [0.15, 0.2) is 120 Å². The predicted octanol–water partition coefficient (Wildman–Crippen LogP) is 5.77. The van der Waals surface area contributed by atoms with Crippen LogP contribution in [0, 0.1) is 0 Å². The van der Waals surface area contributed by atoms with E-state index in [1.807, 2.05) is 60.7 Å². The molecule has 0 atom stereocenters. The summed E-state index contributed by atoms with van der Waals surface area (Å²) in [5, 5.41) is 16.5. The molecule has 0 aliphatic carbocycles. The summed E-state index contributed by atoms with van der Waals surface area (Å²) in [7, 11) is 25.6. The van der Waals surface area contributed by atoms with Gasteiger partial charge < -0.3 is 9.52 Å². The van der Waals surface area contributed by atoms with Crippen LogP contribution in [0.25, 0.3) is 76.9 Å². The second kappa shape index (κ2) is 9.99. The molecule has 0 spiro atoms. The molecular formula is C38H20B4O2. The Hall–Kier alpha value is -5.08. The molecule has 8 radical (unpaired) electrons. The molecule has 0 saturated heterocycles. The third-order valence-corrected chi connectivity index (χ3v) is 8.69. The molecule has 8 rings (SSSR count). The molecular weight excluding hydrogens is 532 g/mol. The molecule has 2 nitrogen and oxygen atoms in total. The summed E-state index contributed by atoms with van der Waals surface area (Å²) in [5.74, 6) is -0.304. The number of fused-ring (bicyclic) bond motifs is 5. The van der Waals surface area contributed by atoms with E-state index in [2.05, 4.69) is 54.6 Å². The first-order valence-corrected chi connectivity index (χ1v) is 14.3. The lowest BCUT2D eigenvalue weighted by molar-refractivity contribution is 0.484. The first kappa shape index (κ1) is 26.5. The van der Waals surface area contributed by atoms with Crippen LogP contribution in [0.2, 0.25) is 0 Å². The lowest BCUT2D eigenvalue weighted by atomic mass is 9.64. The van der Waals surface area contributed by atoms with E-state index in [4.69, 9.17) is 35.8 Å². The van der Waals surface area contributed by atoms with Crippen LogP contribution in [0.4, 0.5) is 0 Å². The Kier molecular flexibility index (Phi) is 6.03. The van der Waals surface area contributed by atoms with Crippen LogP contribution in [-0.4, -0.2) is 36.5 Å². The van der Waals surface area contributed by atoms with Crippen LogP contribution in [0.5, 0.6) is 5.75 Å². The number of para-hydroxylation sites is 1. The first-order chi connectivity index (χ1) is 21.5. The van der Waals surface area contributed by atoms with Gasteiger partial charge in [0, 0.05) is 16.3 Å². The normalized spacial score (nSPS) is 11.6. The monoisotopic (exact) mass is 552 g/mol. The maximum absolute atomic E-state index is 10.5. The van der Waals surface area contributed by atoms with Gasteiger partial charge in [0.25, 0.3) is 0 Å². The Labute approximate surface area is 260 Å². The van der Waals surface area contributed by atoms with E-state index in [9.17, 15) is 5.11 Å². The number of furan rings is 1. The van der Waals surface area contributed by atoms with Crippen molar-refractivity contribution in [3.8, 4) is 39.1 Å². The van der Waals surface area contributed by atoms with E-state index < -0.39 is 0 Å². The fourth-order valence-electron chi connectivity index (χ4n) is 6.65. The maximum atomic E-state index is 10.5. The highest BCUT2D eigenvalue weighted by Gasteiger charge is 2.24. The van der Waals surface area contributed by atoms with Gasteiger partial charge in [-0.2, -0.15) is 0 Å². The SMILES string of the molecule is [B]c1c([B])c(-c2c3ccccc3c(-c3ccc(-c4ccccc4)c4oc5ccccc5c34)c3ccccc23)c([B])c([B])c1O. The third kappa shape index (κ3) is 3.74. The van der Waals surface area contributed by atoms with E-state index in [-0.39, 0.29) is 27.6 Å². The minimum absolute atomic E-state index is 0.00650. The summed E-state index contributed by atoms with van der Waals surface area (Å²) in [6, 6.07) is 39.2. The van der Waals surface area contributed by atoms with Gasteiger partial charge in [-0.1, -0.05) is 125 Å². The van der Waals surface area contributed by atoms with Gasteiger partial charge in [-0.05, 0) is 61.5 Å². The topological polar surface area (TPSA) is 33.4 Å². The Morgan fingerprint density at radius 1 is 0.432 bits per heavy atom. The van der Waals surface area contributed by atoms with Gasteiger partial charge in [0.05, 0.1) is 5.75 Å². The zero-order valence-electron chi connectivity index (χ0n) is 23.6. The molecule has 7 aromatic carbocycles. The number of hydrogen-bond acceptors (Lipinski definition) is 2. The highest BCUT2D eigenvalue weighted by molar-refractivity contribution is 6.61. The van der Waals surface area contributed by atoms with E-state index in [0.717, 1.165) is 71.3 Å². The van der Waals surface area contributed by atoms with Crippen molar-refractivity contribution >= 4 is 96.7 Å². The maximum Gasteiger partial charge on any atom is 0.143 e. The van der Waals surface area contributed by atoms with Crippen LogP contribution < -0.4 is 21.9 Å². The molecule has 1 N–H and O–H groups in total. The van der Waals surface area contributed by atoms with Gasteiger partial charge in [-0.25, -0.2) is 0 Å².